The minimum atomic E-state index is -0.256. The number of nitrogens with zero attached hydrogens (tertiary/aromatic N) is 2. The minimum absolute atomic E-state index is 0.0523. The van der Waals surface area contributed by atoms with E-state index in [1.54, 1.807) is 17.7 Å². The molecule has 2 aromatic heterocycles. The molecule has 0 unspecified atom stereocenters. The van der Waals surface area contributed by atoms with Crippen LogP contribution in [0.25, 0.3) is 10.2 Å². The molecule has 0 saturated heterocycles. The van der Waals surface area contributed by atoms with Gasteiger partial charge in [0.05, 0.1) is 12.9 Å². The van der Waals surface area contributed by atoms with Crippen LogP contribution in [0.15, 0.2) is 11.4 Å². The van der Waals surface area contributed by atoms with E-state index in [0.717, 1.165) is 28.1 Å². The van der Waals surface area contributed by atoms with Crippen molar-refractivity contribution in [1.29, 1.82) is 0 Å². The summed E-state index contributed by atoms with van der Waals surface area (Å²) in [6, 6.07) is 0. The zero-order valence-electron chi connectivity index (χ0n) is 13.5. The van der Waals surface area contributed by atoms with Gasteiger partial charge in [-0.1, -0.05) is 11.8 Å². The van der Waals surface area contributed by atoms with Gasteiger partial charge < -0.3 is 10.1 Å². The van der Waals surface area contributed by atoms with Crippen LogP contribution in [-0.2, 0) is 27.2 Å². The first-order valence-electron chi connectivity index (χ1n) is 7.90. The van der Waals surface area contributed by atoms with Crippen LogP contribution in [0, 0.1) is 0 Å². The van der Waals surface area contributed by atoms with E-state index < -0.39 is 0 Å². The molecule has 0 spiro atoms. The van der Waals surface area contributed by atoms with E-state index in [2.05, 4.69) is 20.0 Å². The number of thiophene rings is 1. The minimum Gasteiger partial charge on any atom is -0.469 e. The van der Waals surface area contributed by atoms with Crippen molar-refractivity contribution < 1.29 is 14.3 Å². The third kappa shape index (κ3) is 3.87. The summed E-state index contributed by atoms with van der Waals surface area (Å²) in [5, 5.41) is 4.85. The van der Waals surface area contributed by atoms with Crippen molar-refractivity contribution >= 4 is 45.2 Å². The number of aromatic nitrogens is 2. The normalized spacial score (nSPS) is 13.0. The zero-order chi connectivity index (χ0) is 16.9. The fourth-order valence-corrected chi connectivity index (χ4v) is 4.91. The predicted molar refractivity (Wildman–Crippen MR) is 94.4 cm³/mol. The van der Waals surface area contributed by atoms with Gasteiger partial charge in [-0.05, 0) is 31.2 Å². The number of esters is 1. The molecule has 128 valence electrons. The summed E-state index contributed by atoms with van der Waals surface area (Å²) < 4.78 is 4.56. The summed E-state index contributed by atoms with van der Waals surface area (Å²) >= 11 is 3.20. The Labute approximate surface area is 148 Å². The molecular weight excluding hydrogens is 346 g/mol. The molecule has 1 aliphatic carbocycles. The largest absolute Gasteiger partial charge is 0.469 e. The van der Waals surface area contributed by atoms with Gasteiger partial charge in [-0.3, -0.25) is 9.59 Å². The molecule has 1 aliphatic rings. The topological polar surface area (TPSA) is 81.2 Å². The zero-order valence-corrected chi connectivity index (χ0v) is 15.1. The molecule has 0 saturated carbocycles. The molecule has 6 nitrogen and oxygen atoms in total. The summed E-state index contributed by atoms with van der Waals surface area (Å²) in [7, 11) is 1.36. The fourth-order valence-electron chi connectivity index (χ4n) is 2.76. The molecule has 3 rings (SSSR count). The summed E-state index contributed by atoms with van der Waals surface area (Å²) in [5.41, 5.74) is 1.37. The van der Waals surface area contributed by atoms with Crippen LogP contribution in [0.5, 0.6) is 0 Å². The molecule has 24 heavy (non-hydrogen) atoms. The van der Waals surface area contributed by atoms with E-state index in [4.69, 9.17) is 0 Å². The first-order valence-corrected chi connectivity index (χ1v) is 9.71. The number of methoxy groups -OCH3 is 1. The molecule has 2 heterocycles. The highest BCUT2D eigenvalue weighted by molar-refractivity contribution is 8.00. The van der Waals surface area contributed by atoms with Crippen molar-refractivity contribution in [2.75, 3.05) is 19.4 Å². The SMILES string of the molecule is COC(=O)CCCNC(=O)CSc1ncnc2sc3c(c12)CCC3. The monoisotopic (exact) mass is 365 g/mol. The second-order valence-corrected chi connectivity index (χ2v) is 7.58. The number of amides is 1. The van der Waals surface area contributed by atoms with E-state index in [0.29, 0.717) is 25.1 Å². The number of nitrogens with one attached hydrogen (secondary N) is 1. The maximum Gasteiger partial charge on any atom is 0.305 e. The Morgan fingerprint density at radius 1 is 1.38 bits per heavy atom. The third-order valence-corrected chi connectivity index (χ3v) is 6.10. The van der Waals surface area contributed by atoms with E-state index in [-0.39, 0.29) is 11.9 Å². The summed E-state index contributed by atoms with van der Waals surface area (Å²) in [6.07, 6.45) is 5.87. The number of carbonyl (C=O) groups excluding carboxylic acids is 2. The molecule has 2 aromatic rings. The number of ether oxygens (including phenoxy) is 1. The van der Waals surface area contributed by atoms with Gasteiger partial charge in [0.15, 0.2) is 0 Å². The van der Waals surface area contributed by atoms with Gasteiger partial charge in [0.2, 0.25) is 5.91 Å². The van der Waals surface area contributed by atoms with E-state index >= 15 is 0 Å². The van der Waals surface area contributed by atoms with Gasteiger partial charge in [0.1, 0.15) is 16.2 Å². The van der Waals surface area contributed by atoms with Gasteiger partial charge in [-0.15, -0.1) is 11.3 Å². The Kier molecular flexibility index (Phi) is 5.68. The number of thioether (sulfide) groups is 1. The number of hydrogen-bond donors (Lipinski definition) is 1. The summed E-state index contributed by atoms with van der Waals surface area (Å²) in [6.45, 7) is 0.474. The average Bonchev–Trinajstić information content (AvgIpc) is 3.17. The van der Waals surface area contributed by atoms with E-state index in [9.17, 15) is 9.59 Å². The van der Waals surface area contributed by atoms with Crippen LogP contribution in [0.2, 0.25) is 0 Å². The summed E-state index contributed by atoms with van der Waals surface area (Å²) in [4.78, 5) is 34.1. The predicted octanol–water partition coefficient (Wildman–Crippen LogP) is 2.34. The molecular formula is C16H19N3O3S2. The highest BCUT2D eigenvalue weighted by Crippen LogP contribution is 2.39. The standard InChI is InChI=1S/C16H19N3O3S2/c1-22-13(21)6-3-7-17-12(20)8-23-15-14-10-4-2-5-11(10)24-16(14)19-9-18-15/h9H,2-8H2,1H3,(H,17,20). The molecule has 0 radical (unpaired) electrons. The molecule has 1 N–H and O–H groups in total. The van der Waals surface area contributed by atoms with Crippen LogP contribution in [0.4, 0.5) is 0 Å². The lowest BCUT2D eigenvalue weighted by Gasteiger charge is -2.06. The number of carbonyl (C=O) groups is 2. The lowest BCUT2D eigenvalue weighted by Crippen LogP contribution is -2.26. The molecule has 0 bridgehead atoms. The van der Waals surface area contributed by atoms with Crippen LogP contribution in [-0.4, -0.2) is 41.3 Å². The van der Waals surface area contributed by atoms with Crippen LogP contribution < -0.4 is 5.32 Å². The Balaban J connectivity index is 1.54. The van der Waals surface area contributed by atoms with Crippen molar-refractivity contribution in [2.45, 2.75) is 37.1 Å². The van der Waals surface area contributed by atoms with Crippen LogP contribution in [0.1, 0.15) is 29.7 Å². The molecule has 0 atom stereocenters. The second kappa shape index (κ2) is 7.94. The maximum absolute atomic E-state index is 11.9. The van der Waals surface area contributed by atoms with Crippen molar-refractivity contribution in [3.63, 3.8) is 0 Å². The van der Waals surface area contributed by atoms with Crippen LogP contribution in [0.3, 0.4) is 0 Å². The van der Waals surface area contributed by atoms with Crippen LogP contribution >= 0.6 is 23.1 Å². The molecule has 0 fully saturated rings. The highest BCUT2D eigenvalue weighted by atomic mass is 32.2. The molecule has 1 amide bonds. The fraction of sp³-hybridized carbons (Fsp3) is 0.500. The first kappa shape index (κ1) is 17.2. The molecule has 0 aromatic carbocycles. The Bertz CT molecular complexity index is 760. The average molecular weight is 365 g/mol. The lowest BCUT2D eigenvalue weighted by molar-refractivity contribution is -0.140. The van der Waals surface area contributed by atoms with Gasteiger partial charge in [0, 0.05) is 23.2 Å². The molecule has 8 heteroatoms. The highest BCUT2D eigenvalue weighted by Gasteiger charge is 2.21. The number of fused-ring (bicyclic) bond motifs is 3. The Morgan fingerprint density at radius 3 is 3.08 bits per heavy atom. The van der Waals surface area contributed by atoms with Crippen molar-refractivity contribution in [3.8, 4) is 0 Å². The maximum atomic E-state index is 11.9. The smallest absolute Gasteiger partial charge is 0.305 e. The Hall–Kier alpha value is -1.67. The number of hydrogen-bond acceptors (Lipinski definition) is 7. The van der Waals surface area contributed by atoms with Gasteiger partial charge in [0.25, 0.3) is 0 Å². The molecule has 0 aliphatic heterocycles. The van der Waals surface area contributed by atoms with E-state index in [1.165, 1.54) is 35.7 Å². The van der Waals surface area contributed by atoms with Gasteiger partial charge in [-0.2, -0.15) is 0 Å². The Morgan fingerprint density at radius 2 is 2.25 bits per heavy atom. The van der Waals surface area contributed by atoms with Crippen molar-refractivity contribution in [1.82, 2.24) is 15.3 Å². The van der Waals surface area contributed by atoms with E-state index in [1.807, 2.05) is 0 Å². The third-order valence-electron chi connectivity index (χ3n) is 3.91. The number of rotatable bonds is 7. The summed E-state index contributed by atoms with van der Waals surface area (Å²) in [5.74, 6) is 0.00594. The second-order valence-electron chi connectivity index (χ2n) is 5.53. The van der Waals surface area contributed by atoms with Crippen molar-refractivity contribution in [3.05, 3.63) is 16.8 Å². The van der Waals surface area contributed by atoms with Gasteiger partial charge >= 0.3 is 5.97 Å². The lowest BCUT2D eigenvalue weighted by atomic mass is 10.2. The van der Waals surface area contributed by atoms with Crippen molar-refractivity contribution in [2.24, 2.45) is 0 Å². The number of aryl methyl sites for hydroxylation is 2. The first-order chi connectivity index (χ1) is 11.7. The quantitative estimate of drug-likeness (QED) is 0.351. The van der Waals surface area contributed by atoms with Gasteiger partial charge in [-0.25, -0.2) is 9.97 Å².